The van der Waals surface area contributed by atoms with Gasteiger partial charge in [0.1, 0.15) is 0 Å². The molecule has 2 amide bonds. The zero-order valence-electron chi connectivity index (χ0n) is 15.3. The SMILES string of the molecule is CC(=O)N1CCC(NC(=O)CN2CCC(c3ccnn3C)CC2)CC1. The number of nitrogens with zero attached hydrogens (tertiary/aromatic N) is 4. The lowest BCUT2D eigenvalue weighted by Crippen LogP contribution is -2.49. The second-order valence-corrected chi connectivity index (χ2v) is 7.28. The van der Waals surface area contributed by atoms with Crippen molar-refractivity contribution in [2.45, 2.75) is 44.6 Å². The molecule has 2 aliphatic rings. The van der Waals surface area contributed by atoms with Gasteiger partial charge in [-0.3, -0.25) is 19.2 Å². The maximum Gasteiger partial charge on any atom is 0.234 e. The topological polar surface area (TPSA) is 70.5 Å². The Hall–Kier alpha value is -1.89. The summed E-state index contributed by atoms with van der Waals surface area (Å²) in [4.78, 5) is 27.8. The van der Waals surface area contributed by atoms with Crippen molar-refractivity contribution in [2.75, 3.05) is 32.7 Å². The van der Waals surface area contributed by atoms with Crippen LogP contribution in [-0.4, -0.2) is 70.2 Å². The highest BCUT2D eigenvalue weighted by Crippen LogP contribution is 2.27. The van der Waals surface area contributed by atoms with Crippen molar-refractivity contribution < 1.29 is 9.59 Å². The molecule has 0 aliphatic carbocycles. The second kappa shape index (κ2) is 7.99. The van der Waals surface area contributed by atoms with E-state index in [1.54, 1.807) is 6.92 Å². The number of carbonyl (C=O) groups excluding carboxylic acids is 2. The van der Waals surface area contributed by atoms with Gasteiger partial charge in [0, 0.05) is 50.9 Å². The first-order valence-corrected chi connectivity index (χ1v) is 9.28. The van der Waals surface area contributed by atoms with E-state index in [0.717, 1.165) is 51.9 Å². The molecule has 0 aromatic carbocycles. The second-order valence-electron chi connectivity index (χ2n) is 7.28. The van der Waals surface area contributed by atoms with Crippen LogP contribution < -0.4 is 5.32 Å². The van der Waals surface area contributed by atoms with Crippen LogP contribution in [0.3, 0.4) is 0 Å². The first kappa shape index (κ1) is 17.9. The number of carbonyl (C=O) groups is 2. The van der Waals surface area contributed by atoms with E-state index in [0.29, 0.717) is 12.5 Å². The zero-order chi connectivity index (χ0) is 17.8. The lowest BCUT2D eigenvalue weighted by atomic mass is 9.93. The molecular weight excluding hydrogens is 318 g/mol. The third kappa shape index (κ3) is 4.60. The van der Waals surface area contributed by atoms with Crippen LogP contribution in [0.15, 0.2) is 12.3 Å². The summed E-state index contributed by atoms with van der Waals surface area (Å²) >= 11 is 0. The summed E-state index contributed by atoms with van der Waals surface area (Å²) in [7, 11) is 1.99. The molecule has 0 radical (unpaired) electrons. The van der Waals surface area contributed by atoms with Gasteiger partial charge >= 0.3 is 0 Å². The predicted molar refractivity (Wildman–Crippen MR) is 95.0 cm³/mol. The van der Waals surface area contributed by atoms with Gasteiger partial charge in [-0.15, -0.1) is 0 Å². The van der Waals surface area contributed by atoms with Gasteiger partial charge in [0.05, 0.1) is 6.54 Å². The molecule has 1 N–H and O–H groups in total. The molecule has 2 fully saturated rings. The van der Waals surface area contributed by atoms with E-state index in [-0.39, 0.29) is 17.9 Å². The number of hydrogen-bond donors (Lipinski definition) is 1. The number of hydrogen-bond acceptors (Lipinski definition) is 4. The Morgan fingerprint density at radius 1 is 1.16 bits per heavy atom. The fourth-order valence-electron chi connectivity index (χ4n) is 3.99. The number of rotatable bonds is 4. The molecule has 3 heterocycles. The van der Waals surface area contributed by atoms with Crippen LogP contribution in [0.25, 0.3) is 0 Å². The number of likely N-dealkylation sites (tertiary alicyclic amines) is 2. The number of nitrogens with one attached hydrogen (secondary N) is 1. The molecule has 0 spiro atoms. The molecule has 2 aliphatic heterocycles. The van der Waals surface area contributed by atoms with Crippen molar-refractivity contribution in [3.05, 3.63) is 18.0 Å². The Morgan fingerprint density at radius 3 is 2.40 bits per heavy atom. The number of aryl methyl sites for hydroxylation is 1. The fraction of sp³-hybridized carbons (Fsp3) is 0.722. The number of amides is 2. The van der Waals surface area contributed by atoms with Crippen molar-refractivity contribution in [1.82, 2.24) is 24.9 Å². The summed E-state index contributed by atoms with van der Waals surface area (Å²) in [6.45, 7) is 5.48. The monoisotopic (exact) mass is 347 g/mol. The average molecular weight is 347 g/mol. The normalized spacial score (nSPS) is 20.6. The van der Waals surface area contributed by atoms with Gasteiger partial charge in [-0.2, -0.15) is 5.10 Å². The summed E-state index contributed by atoms with van der Waals surface area (Å²) < 4.78 is 1.96. The van der Waals surface area contributed by atoms with Crippen LogP contribution in [0.1, 0.15) is 44.2 Å². The van der Waals surface area contributed by atoms with Crippen LogP contribution in [0.4, 0.5) is 0 Å². The van der Waals surface area contributed by atoms with E-state index in [1.165, 1.54) is 5.69 Å². The van der Waals surface area contributed by atoms with Gasteiger partial charge < -0.3 is 10.2 Å². The smallest absolute Gasteiger partial charge is 0.234 e. The summed E-state index contributed by atoms with van der Waals surface area (Å²) in [5, 5.41) is 7.40. The Bertz CT molecular complexity index is 598. The minimum absolute atomic E-state index is 0.111. The molecule has 0 bridgehead atoms. The van der Waals surface area contributed by atoms with E-state index in [9.17, 15) is 9.59 Å². The highest BCUT2D eigenvalue weighted by molar-refractivity contribution is 5.78. The molecule has 7 heteroatoms. The van der Waals surface area contributed by atoms with Crippen LogP contribution in [0.5, 0.6) is 0 Å². The van der Waals surface area contributed by atoms with Crippen LogP contribution >= 0.6 is 0 Å². The molecule has 0 saturated carbocycles. The molecule has 3 rings (SSSR count). The van der Waals surface area contributed by atoms with Crippen LogP contribution in [0, 0.1) is 0 Å². The van der Waals surface area contributed by atoms with E-state index in [4.69, 9.17) is 0 Å². The Balaban J connectivity index is 1.38. The molecular formula is C18H29N5O2. The van der Waals surface area contributed by atoms with E-state index in [1.807, 2.05) is 22.8 Å². The van der Waals surface area contributed by atoms with Crippen molar-refractivity contribution in [1.29, 1.82) is 0 Å². The van der Waals surface area contributed by atoms with Crippen LogP contribution in [0.2, 0.25) is 0 Å². The quantitative estimate of drug-likeness (QED) is 0.872. The Labute approximate surface area is 149 Å². The van der Waals surface area contributed by atoms with Crippen LogP contribution in [-0.2, 0) is 16.6 Å². The maximum atomic E-state index is 12.3. The van der Waals surface area contributed by atoms with E-state index in [2.05, 4.69) is 21.4 Å². The summed E-state index contributed by atoms with van der Waals surface area (Å²) in [5.41, 5.74) is 1.29. The van der Waals surface area contributed by atoms with Crippen molar-refractivity contribution in [2.24, 2.45) is 7.05 Å². The average Bonchev–Trinajstić information content (AvgIpc) is 3.02. The summed E-state index contributed by atoms with van der Waals surface area (Å²) in [5.74, 6) is 0.782. The van der Waals surface area contributed by atoms with Crippen molar-refractivity contribution in [3.8, 4) is 0 Å². The van der Waals surface area contributed by atoms with Gasteiger partial charge in [0.2, 0.25) is 11.8 Å². The van der Waals surface area contributed by atoms with Gasteiger partial charge in [-0.05, 0) is 44.8 Å². The summed E-state index contributed by atoms with van der Waals surface area (Å²) in [6, 6.07) is 2.30. The molecule has 0 atom stereocenters. The minimum Gasteiger partial charge on any atom is -0.352 e. The van der Waals surface area contributed by atoms with Gasteiger partial charge in [-0.1, -0.05) is 0 Å². The van der Waals surface area contributed by atoms with E-state index >= 15 is 0 Å². The molecule has 2 saturated heterocycles. The highest BCUT2D eigenvalue weighted by atomic mass is 16.2. The van der Waals surface area contributed by atoms with Crippen molar-refractivity contribution in [3.63, 3.8) is 0 Å². The molecule has 25 heavy (non-hydrogen) atoms. The molecule has 7 nitrogen and oxygen atoms in total. The standard InChI is InChI=1S/C18H29N5O2/c1-14(24)23-11-6-16(7-12-23)20-18(25)13-22-9-4-15(5-10-22)17-3-8-19-21(17)2/h3,8,15-16H,4-7,9-13H2,1-2H3,(H,20,25). The molecule has 1 aromatic rings. The zero-order valence-corrected chi connectivity index (χ0v) is 15.3. The first-order chi connectivity index (χ1) is 12.0. The van der Waals surface area contributed by atoms with Crippen molar-refractivity contribution >= 4 is 11.8 Å². The van der Waals surface area contributed by atoms with Gasteiger partial charge in [0.15, 0.2) is 0 Å². The maximum absolute atomic E-state index is 12.3. The highest BCUT2D eigenvalue weighted by Gasteiger charge is 2.25. The molecule has 1 aromatic heterocycles. The lowest BCUT2D eigenvalue weighted by Gasteiger charge is -2.34. The lowest BCUT2D eigenvalue weighted by molar-refractivity contribution is -0.130. The minimum atomic E-state index is 0.111. The number of aromatic nitrogens is 2. The van der Waals surface area contributed by atoms with Gasteiger partial charge in [0.25, 0.3) is 0 Å². The Kier molecular flexibility index (Phi) is 5.73. The third-order valence-electron chi connectivity index (χ3n) is 5.54. The molecule has 0 unspecified atom stereocenters. The van der Waals surface area contributed by atoms with Gasteiger partial charge in [-0.25, -0.2) is 0 Å². The largest absolute Gasteiger partial charge is 0.352 e. The first-order valence-electron chi connectivity index (χ1n) is 9.28. The predicted octanol–water partition coefficient (Wildman–Crippen LogP) is 0.727. The molecule has 138 valence electrons. The fourth-order valence-corrected chi connectivity index (χ4v) is 3.99. The van der Waals surface area contributed by atoms with E-state index < -0.39 is 0 Å². The number of piperidine rings is 2. The third-order valence-corrected chi connectivity index (χ3v) is 5.54. The Morgan fingerprint density at radius 2 is 1.84 bits per heavy atom. The summed E-state index contributed by atoms with van der Waals surface area (Å²) in [6.07, 6.45) is 5.71.